The fourth-order valence-electron chi connectivity index (χ4n) is 2.08. The van der Waals surface area contributed by atoms with Crippen molar-refractivity contribution in [3.05, 3.63) is 42.0 Å². The lowest BCUT2D eigenvalue weighted by Crippen LogP contribution is -2.19. The molecule has 3 nitrogen and oxygen atoms in total. The SMILES string of the molecule is CC/C=C\CCC(C(=O)O)C(C)C.CCc1cccc(O)c1. The van der Waals surface area contributed by atoms with E-state index in [9.17, 15) is 4.79 Å². The van der Waals surface area contributed by atoms with Crippen molar-refractivity contribution in [3.8, 4) is 5.75 Å². The number of aliphatic carboxylic acids is 1. The first kappa shape index (κ1) is 20.2. The van der Waals surface area contributed by atoms with Gasteiger partial charge in [0.05, 0.1) is 5.92 Å². The Hall–Kier alpha value is -1.77. The van der Waals surface area contributed by atoms with E-state index >= 15 is 0 Å². The van der Waals surface area contributed by atoms with Gasteiger partial charge < -0.3 is 10.2 Å². The first-order valence-electron chi connectivity index (χ1n) is 8.08. The smallest absolute Gasteiger partial charge is 0.306 e. The van der Waals surface area contributed by atoms with Gasteiger partial charge >= 0.3 is 5.97 Å². The zero-order valence-electron chi connectivity index (χ0n) is 14.2. The number of hydrogen-bond donors (Lipinski definition) is 2. The predicted molar refractivity (Wildman–Crippen MR) is 92.1 cm³/mol. The average Bonchev–Trinajstić information content (AvgIpc) is 2.47. The second kappa shape index (κ2) is 11.8. The highest BCUT2D eigenvalue weighted by Gasteiger charge is 2.19. The summed E-state index contributed by atoms with van der Waals surface area (Å²) in [6.45, 7) is 8.06. The minimum Gasteiger partial charge on any atom is -0.508 e. The highest BCUT2D eigenvalue weighted by atomic mass is 16.4. The second-order valence-electron chi connectivity index (χ2n) is 5.67. The van der Waals surface area contributed by atoms with Crippen molar-refractivity contribution >= 4 is 5.97 Å². The van der Waals surface area contributed by atoms with Crippen LogP contribution in [0.15, 0.2) is 36.4 Å². The molecule has 0 aliphatic heterocycles. The third-order valence-electron chi connectivity index (χ3n) is 3.49. The molecule has 1 aromatic rings. The number of aromatic hydroxyl groups is 1. The van der Waals surface area contributed by atoms with E-state index in [1.807, 2.05) is 26.0 Å². The number of benzene rings is 1. The van der Waals surface area contributed by atoms with Gasteiger partial charge in [-0.1, -0.05) is 52.0 Å². The Labute approximate surface area is 134 Å². The van der Waals surface area contributed by atoms with Crippen LogP contribution >= 0.6 is 0 Å². The number of aryl methyl sites for hydroxylation is 1. The molecule has 0 saturated carbocycles. The van der Waals surface area contributed by atoms with Crippen molar-refractivity contribution in [3.63, 3.8) is 0 Å². The van der Waals surface area contributed by atoms with Crippen LogP contribution in [0.25, 0.3) is 0 Å². The summed E-state index contributed by atoms with van der Waals surface area (Å²) in [5, 5.41) is 17.8. The Kier molecular flexibility index (Phi) is 10.9. The largest absolute Gasteiger partial charge is 0.508 e. The topological polar surface area (TPSA) is 57.5 Å². The van der Waals surface area contributed by atoms with E-state index in [0.29, 0.717) is 5.75 Å². The molecular formula is C19H30O3. The maximum atomic E-state index is 10.8. The molecule has 0 aliphatic carbocycles. The van der Waals surface area contributed by atoms with Crippen LogP contribution in [0.1, 0.15) is 52.5 Å². The summed E-state index contributed by atoms with van der Waals surface area (Å²) in [6.07, 6.45) is 7.79. The van der Waals surface area contributed by atoms with Gasteiger partial charge in [-0.2, -0.15) is 0 Å². The molecule has 2 N–H and O–H groups in total. The molecule has 1 rings (SSSR count). The van der Waals surface area contributed by atoms with Gasteiger partial charge in [0.2, 0.25) is 0 Å². The third kappa shape index (κ3) is 9.22. The molecule has 0 bridgehead atoms. The summed E-state index contributed by atoms with van der Waals surface area (Å²) in [6, 6.07) is 7.31. The van der Waals surface area contributed by atoms with Gasteiger partial charge in [0.15, 0.2) is 0 Å². The van der Waals surface area contributed by atoms with Crippen molar-refractivity contribution in [2.24, 2.45) is 11.8 Å². The third-order valence-corrected chi connectivity index (χ3v) is 3.49. The summed E-state index contributed by atoms with van der Waals surface area (Å²) in [5.74, 6) is -0.275. The zero-order chi connectivity index (χ0) is 17.0. The maximum Gasteiger partial charge on any atom is 0.306 e. The molecule has 3 heteroatoms. The molecule has 0 fully saturated rings. The Morgan fingerprint density at radius 2 is 1.91 bits per heavy atom. The molecule has 1 aromatic carbocycles. The van der Waals surface area contributed by atoms with Gasteiger partial charge in [-0.05, 0) is 49.3 Å². The molecule has 0 spiro atoms. The van der Waals surface area contributed by atoms with Crippen molar-refractivity contribution in [2.45, 2.75) is 53.4 Å². The van der Waals surface area contributed by atoms with E-state index < -0.39 is 5.97 Å². The van der Waals surface area contributed by atoms with Gasteiger partial charge in [-0.15, -0.1) is 0 Å². The van der Waals surface area contributed by atoms with Gasteiger partial charge in [-0.3, -0.25) is 4.79 Å². The van der Waals surface area contributed by atoms with Crippen LogP contribution in [0, 0.1) is 11.8 Å². The number of carboxylic acids is 1. The molecule has 0 heterocycles. The quantitative estimate of drug-likeness (QED) is 0.693. The lowest BCUT2D eigenvalue weighted by atomic mass is 9.91. The zero-order valence-corrected chi connectivity index (χ0v) is 14.2. The summed E-state index contributed by atoms with van der Waals surface area (Å²) < 4.78 is 0. The van der Waals surface area contributed by atoms with E-state index in [0.717, 1.165) is 25.7 Å². The monoisotopic (exact) mass is 306 g/mol. The van der Waals surface area contributed by atoms with Gasteiger partial charge in [0.1, 0.15) is 5.75 Å². The van der Waals surface area contributed by atoms with Crippen LogP contribution in [0.4, 0.5) is 0 Å². The van der Waals surface area contributed by atoms with Crippen LogP contribution < -0.4 is 0 Å². The van der Waals surface area contributed by atoms with Crippen molar-refractivity contribution in [1.29, 1.82) is 0 Å². The lowest BCUT2D eigenvalue weighted by molar-refractivity contribution is -0.143. The van der Waals surface area contributed by atoms with Gasteiger partial charge in [0.25, 0.3) is 0 Å². The fourth-order valence-corrected chi connectivity index (χ4v) is 2.08. The standard InChI is InChI=1S/C11H20O2.C8H10O/c1-4-5-6-7-8-10(9(2)3)11(12)13;1-2-7-4-3-5-8(9)6-7/h5-6,9-10H,4,7-8H2,1-3H3,(H,12,13);3-6,9H,2H2,1H3/b6-5-;. The number of phenols is 1. The Balaban J connectivity index is 0.000000425. The predicted octanol–water partition coefficient (Wildman–Crippen LogP) is 5.04. The molecule has 22 heavy (non-hydrogen) atoms. The Bertz CT molecular complexity index is 450. The number of rotatable bonds is 7. The summed E-state index contributed by atoms with van der Waals surface area (Å²) in [5.41, 5.74) is 1.18. The highest BCUT2D eigenvalue weighted by molar-refractivity contribution is 5.70. The van der Waals surface area contributed by atoms with Crippen LogP contribution in [0.3, 0.4) is 0 Å². The second-order valence-corrected chi connectivity index (χ2v) is 5.67. The number of hydrogen-bond acceptors (Lipinski definition) is 2. The van der Waals surface area contributed by atoms with Crippen LogP contribution in [0.2, 0.25) is 0 Å². The number of phenolic OH excluding ortho intramolecular Hbond substituents is 1. The highest BCUT2D eigenvalue weighted by Crippen LogP contribution is 2.17. The van der Waals surface area contributed by atoms with Crippen LogP contribution in [-0.2, 0) is 11.2 Å². The Morgan fingerprint density at radius 3 is 2.32 bits per heavy atom. The maximum absolute atomic E-state index is 10.8. The summed E-state index contributed by atoms with van der Waals surface area (Å²) in [4.78, 5) is 10.8. The first-order chi connectivity index (χ1) is 10.4. The van der Waals surface area contributed by atoms with Crippen LogP contribution in [0.5, 0.6) is 5.75 Å². The van der Waals surface area contributed by atoms with Crippen LogP contribution in [-0.4, -0.2) is 16.2 Å². The molecule has 0 amide bonds. The van der Waals surface area contributed by atoms with Gasteiger partial charge in [0, 0.05) is 0 Å². The number of carboxylic acid groups (broad SMARTS) is 1. The molecule has 0 saturated heterocycles. The van der Waals surface area contributed by atoms with E-state index in [-0.39, 0.29) is 11.8 Å². The first-order valence-corrected chi connectivity index (χ1v) is 8.08. The number of carbonyl (C=O) groups is 1. The number of allylic oxidation sites excluding steroid dienone is 2. The molecule has 0 radical (unpaired) electrons. The molecule has 1 atom stereocenters. The lowest BCUT2D eigenvalue weighted by Gasteiger charge is -2.14. The van der Waals surface area contributed by atoms with E-state index in [1.54, 1.807) is 12.1 Å². The fraction of sp³-hybridized carbons (Fsp3) is 0.526. The normalized spacial score (nSPS) is 12.0. The van der Waals surface area contributed by atoms with E-state index in [1.165, 1.54) is 5.56 Å². The molecular weight excluding hydrogens is 276 g/mol. The Morgan fingerprint density at radius 1 is 1.23 bits per heavy atom. The molecule has 0 aliphatic rings. The summed E-state index contributed by atoms with van der Waals surface area (Å²) >= 11 is 0. The van der Waals surface area contributed by atoms with Crippen molar-refractivity contribution < 1.29 is 15.0 Å². The van der Waals surface area contributed by atoms with E-state index in [4.69, 9.17) is 10.2 Å². The van der Waals surface area contributed by atoms with Crippen molar-refractivity contribution in [1.82, 2.24) is 0 Å². The summed E-state index contributed by atoms with van der Waals surface area (Å²) in [7, 11) is 0. The van der Waals surface area contributed by atoms with E-state index in [2.05, 4.69) is 26.0 Å². The molecule has 0 aromatic heterocycles. The van der Waals surface area contributed by atoms with Crippen molar-refractivity contribution in [2.75, 3.05) is 0 Å². The molecule has 1 unspecified atom stereocenters. The van der Waals surface area contributed by atoms with Gasteiger partial charge in [-0.25, -0.2) is 0 Å². The minimum atomic E-state index is -0.667. The minimum absolute atomic E-state index is 0.193. The average molecular weight is 306 g/mol. The molecule has 124 valence electrons.